The predicted octanol–water partition coefficient (Wildman–Crippen LogP) is 4.96. The molecule has 0 spiro atoms. The van der Waals surface area contributed by atoms with E-state index in [0.29, 0.717) is 18.7 Å². The van der Waals surface area contributed by atoms with E-state index in [0.717, 1.165) is 58.9 Å². The van der Waals surface area contributed by atoms with Crippen LogP contribution >= 0.6 is 0 Å². The number of ether oxygens (including phenoxy) is 1. The van der Waals surface area contributed by atoms with Gasteiger partial charge in [-0.15, -0.1) is 0 Å². The van der Waals surface area contributed by atoms with Gasteiger partial charge in [-0.05, 0) is 87.2 Å². The Labute approximate surface area is 220 Å². The minimum Gasteiger partial charge on any atom is -0.494 e. The molecule has 3 heterocycles. The van der Waals surface area contributed by atoms with Crippen molar-refractivity contribution in [2.24, 2.45) is 7.05 Å². The summed E-state index contributed by atoms with van der Waals surface area (Å²) < 4.78 is 7.63. The SMILES string of the molecule is CCOc1cc(-c2cnn(C)c2)cc([C@@H](C)NC(=O)c2cc(N3C[C@H]4CC[C@@H](C3)N4CC)ccc2C)c1. The first-order valence-corrected chi connectivity index (χ1v) is 13.5. The lowest BCUT2D eigenvalue weighted by molar-refractivity contribution is 0.0939. The molecule has 0 unspecified atom stereocenters. The zero-order chi connectivity index (χ0) is 26.1. The predicted molar refractivity (Wildman–Crippen MR) is 148 cm³/mol. The van der Waals surface area contributed by atoms with Crippen molar-refractivity contribution in [1.29, 1.82) is 0 Å². The summed E-state index contributed by atoms with van der Waals surface area (Å²) in [5.41, 5.74) is 5.91. The van der Waals surface area contributed by atoms with E-state index in [-0.39, 0.29) is 11.9 Å². The smallest absolute Gasteiger partial charge is 0.252 e. The van der Waals surface area contributed by atoms with Crippen molar-refractivity contribution in [2.75, 3.05) is 31.1 Å². The Hall–Kier alpha value is -3.32. The van der Waals surface area contributed by atoms with Crippen molar-refractivity contribution >= 4 is 11.6 Å². The Bertz CT molecular complexity index is 1250. The Balaban J connectivity index is 1.35. The lowest BCUT2D eigenvalue weighted by Gasteiger charge is -2.41. The first-order chi connectivity index (χ1) is 17.9. The largest absolute Gasteiger partial charge is 0.494 e. The van der Waals surface area contributed by atoms with E-state index in [4.69, 9.17) is 4.74 Å². The van der Waals surface area contributed by atoms with E-state index < -0.39 is 0 Å². The summed E-state index contributed by atoms with van der Waals surface area (Å²) in [5.74, 6) is 0.741. The van der Waals surface area contributed by atoms with Crippen molar-refractivity contribution in [3.63, 3.8) is 0 Å². The third-order valence-corrected chi connectivity index (χ3v) is 7.96. The van der Waals surface area contributed by atoms with E-state index in [1.807, 2.05) is 52.3 Å². The molecule has 3 atom stereocenters. The van der Waals surface area contributed by atoms with Crippen LogP contribution < -0.4 is 15.0 Å². The summed E-state index contributed by atoms with van der Waals surface area (Å²) in [6, 6.07) is 13.5. The van der Waals surface area contributed by atoms with Crippen molar-refractivity contribution in [2.45, 2.75) is 58.7 Å². The number of hydrogen-bond acceptors (Lipinski definition) is 5. The quantitative estimate of drug-likeness (QED) is 0.473. The van der Waals surface area contributed by atoms with Gasteiger partial charge in [-0.1, -0.05) is 13.0 Å². The maximum absolute atomic E-state index is 13.5. The number of rotatable bonds is 8. The summed E-state index contributed by atoms with van der Waals surface area (Å²) in [6.07, 6.45) is 6.38. The molecule has 196 valence electrons. The van der Waals surface area contributed by atoms with Gasteiger partial charge < -0.3 is 15.0 Å². The van der Waals surface area contributed by atoms with Gasteiger partial charge in [0, 0.05) is 55.2 Å². The Kier molecular flexibility index (Phi) is 7.24. The van der Waals surface area contributed by atoms with E-state index >= 15 is 0 Å². The highest BCUT2D eigenvalue weighted by molar-refractivity contribution is 5.97. The molecular formula is C30H39N5O2. The van der Waals surface area contributed by atoms with Crippen LogP contribution in [0.25, 0.3) is 11.1 Å². The van der Waals surface area contributed by atoms with Gasteiger partial charge in [0.25, 0.3) is 5.91 Å². The molecule has 2 fully saturated rings. The van der Waals surface area contributed by atoms with E-state index in [1.54, 1.807) is 4.68 Å². The Morgan fingerprint density at radius 3 is 2.51 bits per heavy atom. The first kappa shape index (κ1) is 25.3. The normalized spacial score (nSPS) is 20.2. The van der Waals surface area contributed by atoms with Crippen molar-refractivity contribution in [1.82, 2.24) is 20.0 Å². The molecule has 0 saturated carbocycles. The number of likely N-dealkylation sites (N-methyl/N-ethyl adjacent to an activating group) is 1. The fourth-order valence-corrected chi connectivity index (χ4v) is 5.99. The number of nitrogens with zero attached hydrogens (tertiary/aromatic N) is 4. The van der Waals surface area contributed by atoms with Crippen LogP contribution in [-0.2, 0) is 7.05 Å². The van der Waals surface area contributed by atoms with E-state index in [1.165, 1.54) is 12.8 Å². The van der Waals surface area contributed by atoms with Crippen LogP contribution in [-0.4, -0.2) is 58.9 Å². The molecule has 7 nitrogen and oxygen atoms in total. The second kappa shape index (κ2) is 10.6. The molecule has 2 aliphatic heterocycles. The average molecular weight is 502 g/mol. The number of carbonyl (C=O) groups excluding carboxylic acids is 1. The number of fused-ring (bicyclic) bond motifs is 2. The van der Waals surface area contributed by atoms with Gasteiger partial charge in [-0.2, -0.15) is 5.10 Å². The van der Waals surface area contributed by atoms with Crippen molar-refractivity contribution < 1.29 is 9.53 Å². The van der Waals surface area contributed by atoms with Gasteiger partial charge in [-0.3, -0.25) is 14.4 Å². The van der Waals surface area contributed by atoms with E-state index in [9.17, 15) is 4.79 Å². The number of nitrogens with one attached hydrogen (secondary N) is 1. The van der Waals surface area contributed by atoms with Crippen LogP contribution in [0.15, 0.2) is 48.8 Å². The Morgan fingerprint density at radius 1 is 1.11 bits per heavy atom. The minimum atomic E-state index is -0.185. The highest BCUT2D eigenvalue weighted by Gasteiger charge is 2.39. The molecule has 2 bridgehead atoms. The number of anilines is 1. The number of benzene rings is 2. The summed E-state index contributed by atoms with van der Waals surface area (Å²) in [7, 11) is 1.91. The van der Waals surface area contributed by atoms with Crippen LogP contribution in [0.5, 0.6) is 5.75 Å². The Morgan fingerprint density at radius 2 is 1.86 bits per heavy atom. The summed E-state index contributed by atoms with van der Waals surface area (Å²) in [5, 5.41) is 7.55. The van der Waals surface area contributed by atoms with Crippen molar-refractivity contribution in [3.05, 3.63) is 65.5 Å². The molecule has 0 radical (unpaired) electrons. The lowest BCUT2D eigenvalue weighted by atomic mass is 10.0. The lowest BCUT2D eigenvalue weighted by Crippen LogP contribution is -2.53. The number of aryl methyl sites for hydroxylation is 2. The monoisotopic (exact) mass is 501 g/mol. The molecule has 0 aliphatic carbocycles. The molecule has 3 aromatic rings. The number of amides is 1. The van der Waals surface area contributed by atoms with Crippen molar-refractivity contribution in [3.8, 4) is 16.9 Å². The number of piperazine rings is 1. The van der Waals surface area contributed by atoms with Gasteiger partial charge in [0.2, 0.25) is 0 Å². The van der Waals surface area contributed by atoms with Crippen LogP contribution in [0.2, 0.25) is 0 Å². The molecule has 1 aromatic heterocycles. The number of aromatic nitrogens is 2. The highest BCUT2D eigenvalue weighted by atomic mass is 16.5. The minimum absolute atomic E-state index is 0.0493. The van der Waals surface area contributed by atoms with Crippen LogP contribution in [0.1, 0.15) is 61.1 Å². The van der Waals surface area contributed by atoms with Gasteiger partial charge in [0.05, 0.1) is 18.8 Å². The molecule has 37 heavy (non-hydrogen) atoms. The summed E-state index contributed by atoms with van der Waals surface area (Å²) in [6.45, 7) is 12.0. The topological polar surface area (TPSA) is 62.6 Å². The standard InChI is InChI=1S/C30H39N5O2/c1-6-35-26-10-11-27(35)19-34(18-26)25-9-8-20(3)29(15-25)30(36)32-21(4)22-12-23(14-28(13-22)37-7-2)24-16-31-33(5)17-24/h8-9,12-17,21,26-27H,6-7,10-11,18-19H2,1-5H3,(H,32,36)/t21-,26-,27+/m1/s1. The van der Waals surface area contributed by atoms with Gasteiger partial charge in [0.1, 0.15) is 5.75 Å². The van der Waals surface area contributed by atoms with Gasteiger partial charge in [-0.25, -0.2) is 0 Å². The molecule has 5 rings (SSSR count). The molecule has 2 aromatic carbocycles. The third kappa shape index (κ3) is 5.23. The zero-order valence-electron chi connectivity index (χ0n) is 22.7. The average Bonchev–Trinajstić information content (AvgIpc) is 3.43. The second-order valence-corrected chi connectivity index (χ2v) is 10.4. The van der Waals surface area contributed by atoms with Gasteiger partial charge in [0.15, 0.2) is 0 Å². The van der Waals surface area contributed by atoms with Crippen LogP contribution in [0, 0.1) is 6.92 Å². The van der Waals surface area contributed by atoms with Gasteiger partial charge >= 0.3 is 0 Å². The number of carbonyl (C=O) groups is 1. The van der Waals surface area contributed by atoms with Crippen LogP contribution in [0.3, 0.4) is 0 Å². The molecule has 1 amide bonds. The molecule has 7 heteroatoms. The zero-order valence-corrected chi connectivity index (χ0v) is 22.7. The maximum atomic E-state index is 13.5. The highest BCUT2D eigenvalue weighted by Crippen LogP contribution is 2.33. The third-order valence-electron chi connectivity index (χ3n) is 7.96. The first-order valence-electron chi connectivity index (χ1n) is 13.5. The molecular weight excluding hydrogens is 462 g/mol. The molecule has 1 N–H and O–H groups in total. The number of hydrogen-bond donors (Lipinski definition) is 1. The van der Waals surface area contributed by atoms with Crippen LogP contribution in [0.4, 0.5) is 5.69 Å². The van der Waals surface area contributed by atoms with E-state index in [2.05, 4.69) is 51.4 Å². The second-order valence-electron chi connectivity index (χ2n) is 10.4. The fourth-order valence-electron chi connectivity index (χ4n) is 5.99. The summed E-state index contributed by atoms with van der Waals surface area (Å²) in [4.78, 5) is 18.6. The molecule has 2 aliphatic rings. The fraction of sp³-hybridized carbons (Fsp3) is 0.467. The molecule has 2 saturated heterocycles. The maximum Gasteiger partial charge on any atom is 0.252 e. The summed E-state index contributed by atoms with van der Waals surface area (Å²) >= 11 is 0.